The van der Waals surface area contributed by atoms with Gasteiger partial charge in [-0.15, -0.1) is 12.4 Å². The molecular formula is C19H29ClN2O. The Bertz CT molecular complexity index is 519. The highest BCUT2D eigenvalue weighted by atomic mass is 35.5. The largest absolute Gasteiger partial charge is 0.342 e. The molecule has 0 spiro atoms. The molecule has 4 atom stereocenters. The minimum Gasteiger partial charge on any atom is -0.342 e. The van der Waals surface area contributed by atoms with Crippen LogP contribution in [0.25, 0.3) is 0 Å². The first-order chi connectivity index (χ1) is 10.6. The highest BCUT2D eigenvalue weighted by Crippen LogP contribution is 2.38. The highest BCUT2D eigenvalue weighted by molar-refractivity contribution is 5.85. The van der Waals surface area contributed by atoms with Gasteiger partial charge in [-0.25, -0.2) is 0 Å². The molecule has 1 saturated carbocycles. The molecule has 3 rings (SSSR count). The first-order valence-electron chi connectivity index (χ1n) is 8.64. The molecule has 2 aliphatic rings. The summed E-state index contributed by atoms with van der Waals surface area (Å²) in [5, 5.41) is 0. The van der Waals surface area contributed by atoms with Gasteiger partial charge in [0.2, 0.25) is 5.91 Å². The number of fused-ring (bicyclic) bond motifs is 1. The molecule has 1 aromatic rings. The molecule has 1 aliphatic carbocycles. The second-order valence-electron chi connectivity index (χ2n) is 7.45. The van der Waals surface area contributed by atoms with E-state index >= 15 is 0 Å². The molecule has 1 saturated heterocycles. The lowest BCUT2D eigenvalue weighted by atomic mass is 9.88. The van der Waals surface area contributed by atoms with Crippen LogP contribution in [-0.4, -0.2) is 29.9 Å². The second kappa shape index (κ2) is 7.67. The van der Waals surface area contributed by atoms with Crippen molar-refractivity contribution in [3.05, 3.63) is 35.9 Å². The van der Waals surface area contributed by atoms with Crippen LogP contribution in [-0.2, 0) is 11.2 Å². The fourth-order valence-corrected chi connectivity index (χ4v) is 4.20. The van der Waals surface area contributed by atoms with Crippen molar-refractivity contribution in [2.24, 2.45) is 29.4 Å². The van der Waals surface area contributed by atoms with E-state index in [9.17, 15) is 4.79 Å². The van der Waals surface area contributed by atoms with Crippen LogP contribution >= 0.6 is 12.4 Å². The number of nitrogens with zero attached hydrogens (tertiary/aromatic N) is 1. The van der Waals surface area contributed by atoms with E-state index in [0.717, 1.165) is 25.9 Å². The number of nitrogens with two attached hydrogens (primary N) is 1. The summed E-state index contributed by atoms with van der Waals surface area (Å²) in [6.45, 7) is 6.13. The third-order valence-electron chi connectivity index (χ3n) is 5.64. The maximum Gasteiger partial charge on any atom is 0.226 e. The van der Waals surface area contributed by atoms with E-state index in [0.29, 0.717) is 29.7 Å². The molecular weight excluding hydrogens is 308 g/mol. The van der Waals surface area contributed by atoms with E-state index in [1.165, 1.54) is 12.0 Å². The van der Waals surface area contributed by atoms with Crippen molar-refractivity contribution in [2.75, 3.05) is 13.1 Å². The SMILES string of the molecule is CC(C)C(Cc1ccccc1)C(=O)N1CC2CCC(N)C2C1.Cl. The first kappa shape index (κ1) is 18.3. The zero-order valence-corrected chi connectivity index (χ0v) is 15.0. The van der Waals surface area contributed by atoms with Gasteiger partial charge in [0.15, 0.2) is 0 Å². The number of benzene rings is 1. The van der Waals surface area contributed by atoms with Crippen LogP contribution in [0.1, 0.15) is 32.3 Å². The lowest BCUT2D eigenvalue weighted by Gasteiger charge is -2.27. The predicted molar refractivity (Wildman–Crippen MR) is 96.5 cm³/mol. The molecule has 128 valence electrons. The molecule has 0 aromatic heterocycles. The van der Waals surface area contributed by atoms with Gasteiger partial charge in [0.05, 0.1) is 0 Å². The van der Waals surface area contributed by atoms with Crippen molar-refractivity contribution in [2.45, 2.75) is 39.2 Å². The Balaban J connectivity index is 0.00000192. The van der Waals surface area contributed by atoms with Gasteiger partial charge in [0.25, 0.3) is 0 Å². The van der Waals surface area contributed by atoms with Gasteiger partial charge in [-0.1, -0.05) is 44.2 Å². The number of likely N-dealkylation sites (tertiary alicyclic amines) is 1. The Labute approximate surface area is 146 Å². The van der Waals surface area contributed by atoms with Gasteiger partial charge in [-0.2, -0.15) is 0 Å². The fourth-order valence-electron chi connectivity index (χ4n) is 4.20. The Morgan fingerprint density at radius 3 is 2.52 bits per heavy atom. The molecule has 1 amide bonds. The van der Waals surface area contributed by atoms with Crippen molar-refractivity contribution in [1.29, 1.82) is 0 Å². The van der Waals surface area contributed by atoms with Crippen LogP contribution in [0.15, 0.2) is 30.3 Å². The number of carbonyl (C=O) groups excluding carboxylic acids is 1. The number of hydrogen-bond acceptors (Lipinski definition) is 2. The number of amides is 1. The number of hydrogen-bond donors (Lipinski definition) is 1. The van der Waals surface area contributed by atoms with E-state index < -0.39 is 0 Å². The Morgan fingerprint density at radius 1 is 1.22 bits per heavy atom. The van der Waals surface area contributed by atoms with E-state index in [2.05, 4.69) is 43.0 Å². The van der Waals surface area contributed by atoms with Crippen molar-refractivity contribution in [3.8, 4) is 0 Å². The van der Waals surface area contributed by atoms with Crippen LogP contribution in [0.3, 0.4) is 0 Å². The minimum absolute atomic E-state index is 0. The molecule has 1 aliphatic heterocycles. The summed E-state index contributed by atoms with van der Waals surface area (Å²) >= 11 is 0. The van der Waals surface area contributed by atoms with Gasteiger partial charge < -0.3 is 10.6 Å². The molecule has 0 radical (unpaired) electrons. The van der Waals surface area contributed by atoms with Crippen molar-refractivity contribution < 1.29 is 4.79 Å². The Morgan fingerprint density at radius 2 is 1.91 bits per heavy atom. The molecule has 1 aromatic carbocycles. The topological polar surface area (TPSA) is 46.3 Å². The lowest BCUT2D eigenvalue weighted by molar-refractivity contribution is -0.136. The molecule has 2 N–H and O–H groups in total. The predicted octanol–water partition coefficient (Wildman–Crippen LogP) is 3.12. The second-order valence-corrected chi connectivity index (χ2v) is 7.45. The van der Waals surface area contributed by atoms with Crippen molar-refractivity contribution in [3.63, 3.8) is 0 Å². The Hall–Kier alpha value is -1.06. The number of halogens is 1. The summed E-state index contributed by atoms with van der Waals surface area (Å²) in [6, 6.07) is 10.7. The molecule has 4 heteroatoms. The van der Waals surface area contributed by atoms with Crippen LogP contribution in [0.2, 0.25) is 0 Å². The van der Waals surface area contributed by atoms with Crippen molar-refractivity contribution in [1.82, 2.24) is 4.90 Å². The highest BCUT2D eigenvalue weighted by Gasteiger charge is 2.43. The van der Waals surface area contributed by atoms with Gasteiger partial charge in [-0.3, -0.25) is 4.79 Å². The maximum absolute atomic E-state index is 13.0. The summed E-state index contributed by atoms with van der Waals surface area (Å²) in [7, 11) is 0. The van der Waals surface area contributed by atoms with Crippen LogP contribution in [0.4, 0.5) is 0 Å². The molecule has 0 bridgehead atoms. The third kappa shape index (κ3) is 3.89. The lowest BCUT2D eigenvalue weighted by Crippen LogP contribution is -2.39. The monoisotopic (exact) mass is 336 g/mol. The van der Waals surface area contributed by atoms with E-state index in [1.807, 2.05) is 6.07 Å². The zero-order chi connectivity index (χ0) is 15.7. The van der Waals surface area contributed by atoms with Gasteiger partial charge in [0, 0.05) is 25.0 Å². The zero-order valence-electron chi connectivity index (χ0n) is 14.2. The maximum atomic E-state index is 13.0. The smallest absolute Gasteiger partial charge is 0.226 e. The molecule has 23 heavy (non-hydrogen) atoms. The van der Waals surface area contributed by atoms with Crippen LogP contribution in [0.5, 0.6) is 0 Å². The Kier molecular flexibility index (Phi) is 6.10. The van der Waals surface area contributed by atoms with Crippen LogP contribution < -0.4 is 5.73 Å². The normalized spacial score (nSPS) is 27.7. The average molecular weight is 337 g/mol. The summed E-state index contributed by atoms with van der Waals surface area (Å²) in [5.41, 5.74) is 7.46. The van der Waals surface area contributed by atoms with Gasteiger partial charge in [-0.05, 0) is 42.6 Å². The summed E-state index contributed by atoms with van der Waals surface area (Å²) in [6.07, 6.45) is 3.17. The number of carbonyl (C=O) groups is 1. The molecule has 3 nitrogen and oxygen atoms in total. The third-order valence-corrected chi connectivity index (χ3v) is 5.64. The standard InChI is InChI=1S/C19H28N2O.ClH/c1-13(2)16(10-14-6-4-3-5-7-14)19(22)21-11-15-8-9-18(20)17(15)12-21;/h3-7,13,15-18H,8-12,20H2,1-2H3;1H. The summed E-state index contributed by atoms with van der Waals surface area (Å²) in [4.78, 5) is 15.1. The molecule has 4 unspecified atom stereocenters. The van der Waals surface area contributed by atoms with E-state index in [4.69, 9.17) is 5.73 Å². The van der Waals surface area contributed by atoms with E-state index in [1.54, 1.807) is 0 Å². The minimum atomic E-state index is 0. The molecule has 2 fully saturated rings. The number of rotatable bonds is 4. The fraction of sp³-hybridized carbons (Fsp3) is 0.632. The first-order valence-corrected chi connectivity index (χ1v) is 8.64. The molecule has 1 heterocycles. The van der Waals surface area contributed by atoms with Crippen molar-refractivity contribution >= 4 is 18.3 Å². The quantitative estimate of drug-likeness (QED) is 0.918. The van der Waals surface area contributed by atoms with E-state index in [-0.39, 0.29) is 18.3 Å². The van der Waals surface area contributed by atoms with Gasteiger partial charge in [0.1, 0.15) is 0 Å². The average Bonchev–Trinajstić information content (AvgIpc) is 3.07. The van der Waals surface area contributed by atoms with Gasteiger partial charge >= 0.3 is 0 Å². The van der Waals surface area contributed by atoms with Crippen LogP contribution in [0, 0.1) is 23.7 Å². The summed E-state index contributed by atoms with van der Waals surface area (Å²) in [5.74, 6) is 1.96. The summed E-state index contributed by atoms with van der Waals surface area (Å²) < 4.78 is 0.